The van der Waals surface area contributed by atoms with E-state index in [0.29, 0.717) is 10.6 Å². The van der Waals surface area contributed by atoms with Gasteiger partial charge in [-0.15, -0.1) is 11.8 Å². The molecule has 0 bridgehead atoms. The molecule has 0 atom stereocenters. The van der Waals surface area contributed by atoms with Crippen LogP contribution in [-0.2, 0) is 7.05 Å². The van der Waals surface area contributed by atoms with E-state index in [1.165, 1.54) is 17.8 Å². The van der Waals surface area contributed by atoms with Gasteiger partial charge in [-0.25, -0.2) is 9.97 Å². The predicted molar refractivity (Wildman–Crippen MR) is 117 cm³/mol. The number of nitrogen functional groups attached to an aromatic ring is 2. The molecular weight excluding hydrogens is 388 g/mol. The van der Waals surface area contributed by atoms with Gasteiger partial charge in [0.1, 0.15) is 11.3 Å². The molecule has 0 saturated heterocycles. The van der Waals surface area contributed by atoms with Gasteiger partial charge in [-0.1, -0.05) is 18.2 Å². The minimum atomic E-state index is -0.543. The van der Waals surface area contributed by atoms with Crippen LogP contribution >= 0.6 is 11.8 Å². The zero-order chi connectivity index (χ0) is 20.7. The van der Waals surface area contributed by atoms with Gasteiger partial charge in [0.15, 0.2) is 5.82 Å². The number of fused-ring (bicyclic) bond motifs is 1. The van der Waals surface area contributed by atoms with Crippen molar-refractivity contribution in [2.24, 2.45) is 7.05 Å². The van der Waals surface area contributed by atoms with Gasteiger partial charge in [-0.2, -0.15) is 0 Å². The van der Waals surface area contributed by atoms with E-state index < -0.39 is 4.92 Å². The lowest BCUT2D eigenvalue weighted by Crippen LogP contribution is -2.05. The van der Waals surface area contributed by atoms with Crippen LogP contribution in [0.15, 0.2) is 53.7 Å². The number of benzene rings is 2. The van der Waals surface area contributed by atoms with Gasteiger partial charge in [-0.3, -0.25) is 10.1 Å². The summed E-state index contributed by atoms with van der Waals surface area (Å²) in [6.45, 7) is 0. The second-order valence-corrected chi connectivity index (χ2v) is 7.35. The maximum atomic E-state index is 11.7. The van der Waals surface area contributed by atoms with Crippen LogP contribution in [-0.4, -0.2) is 25.7 Å². The summed E-state index contributed by atoms with van der Waals surface area (Å²) in [4.78, 5) is 20.7. The molecule has 4 rings (SSSR count). The summed E-state index contributed by atoms with van der Waals surface area (Å²) in [5.41, 5.74) is 15.0. The molecule has 29 heavy (non-hydrogen) atoms. The van der Waals surface area contributed by atoms with Crippen LogP contribution in [0.25, 0.3) is 33.5 Å². The third-order valence-corrected chi connectivity index (χ3v) is 5.56. The molecule has 0 saturated carbocycles. The second-order valence-electron chi connectivity index (χ2n) is 6.50. The number of hydrogen-bond donors (Lipinski definition) is 2. The third-order valence-electron chi connectivity index (χ3n) is 4.79. The fraction of sp³-hybridized carbons (Fsp3) is 0.100. The van der Waals surface area contributed by atoms with Crippen molar-refractivity contribution in [3.05, 3.63) is 58.9 Å². The van der Waals surface area contributed by atoms with E-state index in [0.717, 1.165) is 16.5 Å². The largest absolute Gasteiger partial charge is 0.397 e. The summed E-state index contributed by atoms with van der Waals surface area (Å²) < 4.78 is 2.01. The van der Waals surface area contributed by atoms with E-state index in [9.17, 15) is 10.1 Å². The number of hydrogen-bond acceptors (Lipinski definition) is 7. The van der Waals surface area contributed by atoms with Crippen molar-refractivity contribution in [3.8, 4) is 22.6 Å². The topological polar surface area (TPSA) is 126 Å². The van der Waals surface area contributed by atoms with Crippen LogP contribution < -0.4 is 11.5 Å². The minimum Gasteiger partial charge on any atom is -0.397 e. The van der Waals surface area contributed by atoms with E-state index in [2.05, 4.69) is 9.97 Å². The number of aromatic nitrogens is 3. The number of thioether (sulfide) groups is 1. The van der Waals surface area contributed by atoms with Crippen molar-refractivity contribution in [2.45, 2.75) is 4.90 Å². The van der Waals surface area contributed by atoms with Crippen LogP contribution in [0, 0.1) is 10.1 Å². The van der Waals surface area contributed by atoms with Gasteiger partial charge in [0.2, 0.25) is 0 Å². The molecule has 8 nitrogen and oxygen atoms in total. The third kappa shape index (κ3) is 3.05. The number of para-hydroxylation sites is 1. The fourth-order valence-corrected chi connectivity index (χ4v) is 4.02. The zero-order valence-corrected chi connectivity index (χ0v) is 16.6. The predicted octanol–water partition coefficient (Wildman–Crippen LogP) is 4.10. The summed E-state index contributed by atoms with van der Waals surface area (Å²) in [7, 11) is 1.96. The standard InChI is InChI=1S/C20H18N6O2S/c1-25-10-12(11-5-3-4-6-15(11)25)14-7-8-23-20(24-14)17-18(22)16(29-2)9-13(21)19(17)26(27)28/h3-10H,21-22H2,1-2H3. The van der Waals surface area contributed by atoms with Crippen molar-refractivity contribution in [1.29, 1.82) is 0 Å². The Morgan fingerprint density at radius 3 is 2.69 bits per heavy atom. The van der Waals surface area contributed by atoms with Gasteiger partial charge in [-0.05, 0) is 24.5 Å². The zero-order valence-electron chi connectivity index (χ0n) is 15.8. The molecule has 0 amide bonds. The maximum Gasteiger partial charge on any atom is 0.305 e. The molecule has 0 aliphatic rings. The van der Waals surface area contributed by atoms with Crippen LogP contribution in [0.2, 0.25) is 0 Å². The Balaban J connectivity index is 1.98. The SMILES string of the molecule is CSc1cc(N)c([N+](=O)[O-])c(-c2nccc(-c3cn(C)c4ccccc34)n2)c1N. The highest BCUT2D eigenvalue weighted by atomic mass is 32.2. The Morgan fingerprint density at radius 2 is 1.97 bits per heavy atom. The van der Waals surface area contributed by atoms with Gasteiger partial charge in [0.25, 0.3) is 0 Å². The van der Waals surface area contributed by atoms with Crippen LogP contribution in [0.1, 0.15) is 0 Å². The first-order chi connectivity index (χ1) is 13.9. The van der Waals surface area contributed by atoms with E-state index >= 15 is 0 Å². The number of nitrogens with two attached hydrogens (primary N) is 2. The first-order valence-electron chi connectivity index (χ1n) is 8.70. The molecule has 9 heteroatoms. The highest BCUT2D eigenvalue weighted by Gasteiger charge is 2.27. The van der Waals surface area contributed by atoms with E-state index in [1.807, 2.05) is 48.3 Å². The summed E-state index contributed by atoms with van der Waals surface area (Å²) in [6, 6.07) is 11.2. The number of nitro groups is 1. The number of nitrogens with zero attached hydrogens (tertiary/aromatic N) is 4. The molecule has 0 aliphatic heterocycles. The van der Waals surface area contributed by atoms with Crippen LogP contribution in [0.3, 0.4) is 0 Å². The molecule has 2 aromatic heterocycles. The Bertz CT molecular complexity index is 1270. The Hall–Kier alpha value is -3.59. The lowest BCUT2D eigenvalue weighted by Gasteiger charge is -2.12. The van der Waals surface area contributed by atoms with E-state index in [4.69, 9.17) is 11.5 Å². The van der Waals surface area contributed by atoms with Crippen molar-refractivity contribution in [3.63, 3.8) is 0 Å². The fourth-order valence-electron chi connectivity index (χ4n) is 3.45. The molecule has 0 spiro atoms. The van der Waals surface area contributed by atoms with Crippen LogP contribution in [0.4, 0.5) is 17.1 Å². The Morgan fingerprint density at radius 1 is 1.21 bits per heavy atom. The van der Waals surface area contributed by atoms with Gasteiger partial charge in [0.05, 0.1) is 16.3 Å². The van der Waals surface area contributed by atoms with Crippen molar-refractivity contribution < 1.29 is 4.92 Å². The first kappa shape index (κ1) is 18.8. The molecule has 2 heterocycles. The van der Waals surface area contributed by atoms with E-state index in [-0.39, 0.29) is 28.5 Å². The van der Waals surface area contributed by atoms with Crippen molar-refractivity contribution >= 4 is 39.7 Å². The number of aryl methyl sites for hydroxylation is 1. The molecule has 146 valence electrons. The molecular formula is C20H18N6O2S. The molecule has 4 aromatic rings. The lowest BCUT2D eigenvalue weighted by molar-refractivity contribution is -0.383. The van der Waals surface area contributed by atoms with Crippen molar-refractivity contribution in [1.82, 2.24) is 14.5 Å². The van der Waals surface area contributed by atoms with Crippen LogP contribution in [0.5, 0.6) is 0 Å². The smallest absolute Gasteiger partial charge is 0.305 e. The minimum absolute atomic E-state index is 0.0303. The average molecular weight is 406 g/mol. The normalized spacial score (nSPS) is 11.1. The first-order valence-corrected chi connectivity index (χ1v) is 9.93. The number of nitro benzene ring substituents is 1. The highest BCUT2D eigenvalue weighted by molar-refractivity contribution is 7.98. The summed E-state index contributed by atoms with van der Waals surface area (Å²) in [5.74, 6) is 0.169. The second kappa shape index (κ2) is 7.10. The highest BCUT2D eigenvalue weighted by Crippen LogP contribution is 2.43. The molecule has 2 aromatic carbocycles. The number of anilines is 2. The molecule has 4 N–H and O–H groups in total. The van der Waals surface area contributed by atoms with Crippen molar-refractivity contribution in [2.75, 3.05) is 17.7 Å². The molecule has 0 fully saturated rings. The number of rotatable bonds is 4. The van der Waals surface area contributed by atoms with Gasteiger partial charge in [0, 0.05) is 40.8 Å². The quantitative estimate of drug-likeness (QED) is 0.226. The summed E-state index contributed by atoms with van der Waals surface area (Å²) in [5, 5.41) is 12.7. The summed E-state index contributed by atoms with van der Waals surface area (Å²) >= 11 is 1.36. The lowest BCUT2D eigenvalue weighted by atomic mass is 10.1. The molecule has 0 unspecified atom stereocenters. The maximum absolute atomic E-state index is 11.7. The Kier molecular flexibility index (Phi) is 4.59. The van der Waals surface area contributed by atoms with E-state index in [1.54, 1.807) is 12.3 Å². The Labute approximate surface area is 170 Å². The van der Waals surface area contributed by atoms with Gasteiger partial charge < -0.3 is 16.0 Å². The molecule has 0 aliphatic carbocycles. The monoisotopic (exact) mass is 406 g/mol. The summed E-state index contributed by atoms with van der Waals surface area (Å²) in [6.07, 6.45) is 5.37. The molecule has 0 radical (unpaired) electrons. The van der Waals surface area contributed by atoms with Gasteiger partial charge >= 0.3 is 5.69 Å². The average Bonchev–Trinajstić information content (AvgIpc) is 3.06.